The van der Waals surface area contributed by atoms with Crippen LogP contribution in [0.15, 0.2) is 71.3 Å². The third kappa shape index (κ3) is 6.08. The minimum absolute atomic E-state index is 0.0914. The van der Waals surface area contributed by atoms with Crippen LogP contribution in [-0.4, -0.2) is 18.2 Å². The van der Waals surface area contributed by atoms with Crippen molar-refractivity contribution in [1.82, 2.24) is 5.32 Å². The second kappa shape index (κ2) is 10.1. The molecule has 0 aliphatic carbocycles. The van der Waals surface area contributed by atoms with E-state index in [1.54, 1.807) is 42.3 Å². The van der Waals surface area contributed by atoms with Crippen molar-refractivity contribution >= 4 is 29.3 Å². The molecule has 1 aromatic heterocycles. The molecule has 0 aliphatic heterocycles. The maximum absolute atomic E-state index is 12.2. The Hall–Kier alpha value is -2.37. The van der Waals surface area contributed by atoms with Crippen LogP contribution in [0.1, 0.15) is 21.7 Å². The summed E-state index contributed by atoms with van der Waals surface area (Å²) < 4.78 is 11.0. The van der Waals surface area contributed by atoms with Crippen molar-refractivity contribution in [1.29, 1.82) is 0 Å². The van der Waals surface area contributed by atoms with Gasteiger partial charge in [-0.1, -0.05) is 29.8 Å². The van der Waals surface area contributed by atoms with Gasteiger partial charge in [-0.05, 0) is 42.5 Å². The molecule has 140 valence electrons. The number of nitrogens with one attached hydrogen (secondary N) is 1. The Labute approximate surface area is 167 Å². The van der Waals surface area contributed by atoms with Gasteiger partial charge in [0.2, 0.25) is 0 Å². The van der Waals surface area contributed by atoms with Gasteiger partial charge in [0.25, 0.3) is 5.91 Å². The van der Waals surface area contributed by atoms with Crippen LogP contribution in [0.4, 0.5) is 0 Å². The van der Waals surface area contributed by atoms with Gasteiger partial charge in [-0.3, -0.25) is 4.79 Å². The highest BCUT2D eigenvalue weighted by atomic mass is 35.5. The van der Waals surface area contributed by atoms with Crippen LogP contribution in [0.25, 0.3) is 0 Å². The number of halogens is 1. The van der Waals surface area contributed by atoms with Crippen molar-refractivity contribution in [2.75, 3.05) is 12.3 Å². The second-order valence-corrected chi connectivity index (χ2v) is 7.30. The van der Waals surface area contributed by atoms with Crippen LogP contribution >= 0.6 is 23.4 Å². The Morgan fingerprint density at radius 2 is 1.89 bits per heavy atom. The number of benzene rings is 2. The summed E-state index contributed by atoms with van der Waals surface area (Å²) in [5.74, 6) is 3.18. The van der Waals surface area contributed by atoms with Crippen LogP contribution < -0.4 is 10.1 Å². The smallest absolute Gasteiger partial charge is 0.251 e. The molecule has 1 amide bonds. The highest BCUT2D eigenvalue weighted by molar-refractivity contribution is 7.98. The van der Waals surface area contributed by atoms with Crippen molar-refractivity contribution in [2.45, 2.75) is 12.4 Å². The van der Waals surface area contributed by atoms with Gasteiger partial charge < -0.3 is 14.5 Å². The SMILES string of the molecule is O=C(NCCSCc1ccco1)c1ccc(OCc2ccccc2Cl)cc1. The van der Waals surface area contributed by atoms with Gasteiger partial charge in [-0.15, -0.1) is 0 Å². The minimum Gasteiger partial charge on any atom is -0.489 e. The van der Waals surface area contributed by atoms with Crippen LogP contribution in [0.5, 0.6) is 5.75 Å². The van der Waals surface area contributed by atoms with E-state index >= 15 is 0 Å². The summed E-state index contributed by atoms with van der Waals surface area (Å²) in [6.07, 6.45) is 1.67. The fourth-order valence-corrected chi connectivity index (χ4v) is 3.33. The Balaban J connectivity index is 1.39. The van der Waals surface area contributed by atoms with Gasteiger partial charge in [-0.2, -0.15) is 11.8 Å². The quantitative estimate of drug-likeness (QED) is 0.502. The van der Waals surface area contributed by atoms with E-state index in [0.29, 0.717) is 29.5 Å². The molecule has 4 nitrogen and oxygen atoms in total. The molecule has 0 atom stereocenters. The molecule has 3 rings (SSSR count). The monoisotopic (exact) mass is 401 g/mol. The van der Waals surface area contributed by atoms with Crippen molar-refractivity contribution < 1.29 is 13.9 Å². The normalized spacial score (nSPS) is 10.6. The molecule has 27 heavy (non-hydrogen) atoms. The molecular formula is C21H20ClNO3S. The van der Waals surface area contributed by atoms with E-state index in [2.05, 4.69) is 5.32 Å². The van der Waals surface area contributed by atoms with Crippen molar-refractivity contribution in [3.63, 3.8) is 0 Å². The highest BCUT2D eigenvalue weighted by Crippen LogP contribution is 2.19. The average molecular weight is 402 g/mol. The molecule has 0 radical (unpaired) electrons. The number of furan rings is 1. The molecule has 0 saturated carbocycles. The molecule has 3 aromatic rings. The molecule has 0 fully saturated rings. The van der Waals surface area contributed by atoms with Gasteiger partial charge in [0.1, 0.15) is 18.1 Å². The molecule has 0 unspecified atom stereocenters. The highest BCUT2D eigenvalue weighted by Gasteiger charge is 2.06. The predicted molar refractivity (Wildman–Crippen MR) is 109 cm³/mol. The van der Waals surface area contributed by atoms with Crippen LogP contribution in [0.2, 0.25) is 5.02 Å². The minimum atomic E-state index is -0.0914. The van der Waals surface area contributed by atoms with Gasteiger partial charge in [-0.25, -0.2) is 0 Å². The van der Waals surface area contributed by atoms with Crippen molar-refractivity contribution in [3.05, 3.63) is 88.8 Å². The third-order valence-electron chi connectivity index (χ3n) is 3.83. The van der Waals surface area contributed by atoms with E-state index in [9.17, 15) is 4.79 Å². The fourth-order valence-electron chi connectivity index (χ4n) is 2.39. The molecule has 1 heterocycles. The molecule has 0 aliphatic rings. The zero-order valence-corrected chi connectivity index (χ0v) is 16.3. The van der Waals surface area contributed by atoms with E-state index < -0.39 is 0 Å². The summed E-state index contributed by atoms with van der Waals surface area (Å²) >= 11 is 7.83. The lowest BCUT2D eigenvalue weighted by molar-refractivity contribution is 0.0956. The Bertz CT molecular complexity index is 850. The number of amides is 1. The first-order valence-corrected chi connectivity index (χ1v) is 10.1. The Morgan fingerprint density at radius 1 is 1.07 bits per heavy atom. The first-order chi connectivity index (χ1) is 13.2. The van der Waals surface area contributed by atoms with Gasteiger partial charge in [0.15, 0.2) is 0 Å². The van der Waals surface area contributed by atoms with Gasteiger partial charge >= 0.3 is 0 Å². The number of rotatable bonds is 9. The molecular weight excluding hydrogens is 382 g/mol. The van der Waals surface area contributed by atoms with Crippen molar-refractivity contribution in [3.8, 4) is 5.75 Å². The first kappa shape index (κ1) is 19.4. The fraction of sp³-hybridized carbons (Fsp3) is 0.190. The van der Waals surface area contributed by atoms with Crippen LogP contribution in [-0.2, 0) is 12.4 Å². The number of hydrogen-bond acceptors (Lipinski definition) is 4. The number of carbonyl (C=O) groups excluding carboxylic acids is 1. The Kier molecular flexibility index (Phi) is 7.25. The summed E-state index contributed by atoms with van der Waals surface area (Å²) in [6, 6.07) is 18.5. The maximum atomic E-state index is 12.2. The summed E-state index contributed by atoms with van der Waals surface area (Å²) in [7, 11) is 0. The molecule has 6 heteroatoms. The average Bonchev–Trinajstić information content (AvgIpc) is 3.21. The lowest BCUT2D eigenvalue weighted by Crippen LogP contribution is -2.25. The van der Waals surface area contributed by atoms with E-state index in [1.807, 2.05) is 36.4 Å². The number of ether oxygens (including phenoxy) is 1. The zero-order chi connectivity index (χ0) is 18.9. The third-order valence-corrected chi connectivity index (χ3v) is 5.18. The maximum Gasteiger partial charge on any atom is 0.251 e. The molecule has 0 bridgehead atoms. The number of carbonyl (C=O) groups is 1. The molecule has 1 N–H and O–H groups in total. The molecule has 0 saturated heterocycles. The Morgan fingerprint density at radius 3 is 2.63 bits per heavy atom. The predicted octanol–water partition coefficient (Wildman–Crippen LogP) is 5.18. The van der Waals surface area contributed by atoms with Gasteiger partial charge in [0, 0.05) is 28.4 Å². The lowest BCUT2D eigenvalue weighted by Gasteiger charge is -2.09. The van der Waals surface area contributed by atoms with Crippen LogP contribution in [0, 0.1) is 0 Å². The van der Waals surface area contributed by atoms with E-state index in [4.69, 9.17) is 20.8 Å². The van der Waals surface area contributed by atoms with Crippen molar-refractivity contribution in [2.24, 2.45) is 0 Å². The van der Waals surface area contributed by atoms with Crippen LogP contribution in [0.3, 0.4) is 0 Å². The molecule has 0 spiro atoms. The van der Waals surface area contributed by atoms with E-state index in [1.165, 1.54) is 0 Å². The summed E-state index contributed by atoms with van der Waals surface area (Å²) in [4.78, 5) is 12.2. The molecule has 2 aromatic carbocycles. The summed E-state index contributed by atoms with van der Waals surface area (Å²) in [5, 5.41) is 3.59. The second-order valence-electron chi connectivity index (χ2n) is 5.79. The topological polar surface area (TPSA) is 51.5 Å². The van der Waals surface area contributed by atoms with E-state index in [0.717, 1.165) is 22.8 Å². The number of hydrogen-bond donors (Lipinski definition) is 1. The summed E-state index contributed by atoms with van der Waals surface area (Å²) in [6.45, 7) is 0.993. The summed E-state index contributed by atoms with van der Waals surface area (Å²) in [5.41, 5.74) is 1.53. The first-order valence-electron chi connectivity index (χ1n) is 8.57. The largest absolute Gasteiger partial charge is 0.489 e. The van der Waals surface area contributed by atoms with E-state index in [-0.39, 0.29) is 5.91 Å². The van der Waals surface area contributed by atoms with Gasteiger partial charge in [0.05, 0.1) is 12.0 Å². The lowest BCUT2D eigenvalue weighted by atomic mass is 10.2. The number of thioether (sulfide) groups is 1. The zero-order valence-electron chi connectivity index (χ0n) is 14.7. The standard InChI is InChI=1S/C21H20ClNO3S/c22-20-6-2-1-4-17(20)14-26-18-9-7-16(8-10-18)21(24)23-11-13-27-15-19-5-3-12-25-19/h1-10,12H,11,13-15H2,(H,23,24).